The molecular formula is C17H19F2N3O2S. The summed E-state index contributed by atoms with van der Waals surface area (Å²) in [4.78, 5) is 2.05. The third-order valence-corrected chi connectivity index (χ3v) is 5.71. The molecule has 2 aromatic carbocycles. The first-order chi connectivity index (χ1) is 11.8. The van der Waals surface area contributed by atoms with Gasteiger partial charge in [-0.05, 0) is 42.7 Å². The molecule has 3 N–H and O–H groups in total. The molecule has 0 amide bonds. The molecule has 1 unspecified atom stereocenters. The molecular weight excluding hydrogens is 348 g/mol. The molecule has 1 atom stereocenters. The Morgan fingerprint density at radius 3 is 2.68 bits per heavy atom. The van der Waals surface area contributed by atoms with E-state index in [0.717, 1.165) is 18.6 Å². The van der Waals surface area contributed by atoms with Crippen molar-refractivity contribution in [2.24, 2.45) is 5.92 Å². The highest BCUT2D eigenvalue weighted by molar-refractivity contribution is 7.89. The fraction of sp³-hybridized carbons (Fsp3) is 0.294. The second kappa shape index (κ2) is 6.97. The Morgan fingerprint density at radius 1 is 1.16 bits per heavy atom. The summed E-state index contributed by atoms with van der Waals surface area (Å²) >= 11 is 0. The van der Waals surface area contributed by atoms with Crippen molar-refractivity contribution in [1.82, 2.24) is 4.72 Å². The molecule has 0 aromatic heterocycles. The van der Waals surface area contributed by atoms with Gasteiger partial charge in [0.05, 0.1) is 4.90 Å². The van der Waals surface area contributed by atoms with Crippen molar-refractivity contribution < 1.29 is 17.2 Å². The number of halogens is 2. The van der Waals surface area contributed by atoms with E-state index in [1.165, 1.54) is 18.2 Å². The van der Waals surface area contributed by atoms with Gasteiger partial charge in [0, 0.05) is 37.1 Å². The van der Waals surface area contributed by atoms with Gasteiger partial charge in [0.15, 0.2) is 11.6 Å². The van der Waals surface area contributed by atoms with Gasteiger partial charge in [-0.1, -0.05) is 6.07 Å². The van der Waals surface area contributed by atoms with E-state index in [-0.39, 0.29) is 17.4 Å². The number of nitrogens with two attached hydrogens (primary N) is 1. The van der Waals surface area contributed by atoms with Crippen LogP contribution in [-0.4, -0.2) is 28.1 Å². The van der Waals surface area contributed by atoms with E-state index >= 15 is 0 Å². The molecule has 3 rings (SSSR count). The molecule has 1 aliphatic heterocycles. The topological polar surface area (TPSA) is 75.4 Å². The van der Waals surface area contributed by atoms with Crippen LogP contribution in [0.15, 0.2) is 47.4 Å². The van der Waals surface area contributed by atoms with Crippen molar-refractivity contribution in [2.75, 3.05) is 30.3 Å². The Balaban J connectivity index is 1.61. The van der Waals surface area contributed by atoms with Crippen molar-refractivity contribution in [1.29, 1.82) is 0 Å². The maximum atomic E-state index is 13.4. The maximum absolute atomic E-state index is 13.4. The standard InChI is InChI=1S/C17H19F2N3O2S/c18-16-5-4-14(9-17(16)19)22-7-6-12(11-22)10-21-25(23,24)15-3-1-2-13(20)8-15/h1-5,8-9,12,21H,6-7,10-11,20H2. The van der Waals surface area contributed by atoms with E-state index in [1.54, 1.807) is 12.1 Å². The molecule has 5 nitrogen and oxygen atoms in total. The van der Waals surface area contributed by atoms with Crippen LogP contribution in [0.25, 0.3) is 0 Å². The van der Waals surface area contributed by atoms with Crippen LogP contribution in [0.1, 0.15) is 6.42 Å². The Morgan fingerprint density at radius 2 is 1.96 bits per heavy atom. The third-order valence-electron chi connectivity index (χ3n) is 4.28. The van der Waals surface area contributed by atoms with Gasteiger partial charge in [-0.3, -0.25) is 0 Å². The summed E-state index contributed by atoms with van der Waals surface area (Å²) in [5, 5.41) is 0. The quantitative estimate of drug-likeness (QED) is 0.796. The predicted octanol–water partition coefficient (Wildman–Crippen LogP) is 2.35. The summed E-state index contributed by atoms with van der Waals surface area (Å²) in [7, 11) is -3.62. The molecule has 25 heavy (non-hydrogen) atoms. The lowest BCUT2D eigenvalue weighted by Crippen LogP contribution is -2.31. The van der Waals surface area contributed by atoms with Gasteiger partial charge in [-0.15, -0.1) is 0 Å². The lowest BCUT2D eigenvalue weighted by Gasteiger charge is -2.19. The van der Waals surface area contributed by atoms with E-state index in [1.807, 2.05) is 4.90 Å². The van der Waals surface area contributed by atoms with E-state index in [2.05, 4.69) is 4.72 Å². The van der Waals surface area contributed by atoms with Crippen LogP contribution in [0.5, 0.6) is 0 Å². The summed E-state index contributed by atoms with van der Waals surface area (Å²) in [6.45, 7) is 1.51. The zero-order chi connectivity index (χ0) is 18.0. The molecule has 2 aromatic rings. The average molecular weight is 367 g/mol. The highest BCUT2D eigenvalue weighted by atomic mass is 32.2. The van der Waals surface area contributed by atoms with Crippen LogP contribution in [0.3, 0.4) is 0 Å². The Kier molecular flexibility index (Phi) is 4.91. The van der Waals surface area contributed by atoms with E-state index in [4.69, 9.17) is 5.73 Å². The van der Waals surface area contributed by atoms with Crippen molar-refractivity contribution in [3.8, 4) is 0 Å². The van der Waals surface area contributed by atoms with Crippen LogP contribution in [-0.2, 0) is 10.0 Å². The van der Waals surface area contributed by atoms with Crippen LogP contribution in [0.2, 0.25) is 0 Å². The highest BCUT2D eigenvalue weighted by Gasteiger charge is 2.25. The van der Waals surface area contributed by atoms with Crippen LogP contribution >= 0.6 is 0 Å². The zero-order valence-electron chi connectivity index (χ0n) is 13.5. The molecule has 0 saturated carbocycles. The number of nitrogens with zero attached hydrogens (tertiary/aromatic N) is 1. The first-order valence-corrected chi connectivity index (χ1v) is 9.39. The molecule has 1 saturated heterocycles. The van der Waals surface area contributed by atoms with Crippen LogP contribution in [0, 0.1) is 17.6 Å². The zero-order valence-corrected chi connectivity index (χ0v) is 14.3. The van der Waals surface area contributed by atoms with E-state index < -0.39 is 21.7 Å². The van der Waals surface area contributed by atoms with Crippen LogP contribution < -0.4 is 15.4 Å². The highest BCUT2D eigenvalue weighted by Crippen LogP contribution is 2.25. The number of benzene rings is 2. The van der Waals surface area contributed by atoms with Gasteiger partial charge >= 0.3 is 0 Å². The first kappa shape index (κ1) is 17.6. The third kappa shape index (κ3) is 4.08. The van der Waals surface area contributed by atoms with E-state index in [9.17, 15) is 17.2 Å². The van der Waals surface area contributed by atoms with E-state index in [0.29, 0.717) is 24.5 Å². The number of rotatable bonds is 5. The smallest absolute Gasteiger partial charge is 0.240 e. The summed E-state index contributed by atoms with van der Waals surface area (Å²) in [5.41, 5.74) is 6.60. The average Bonchev–Trinajstić information content (AvgIpc) is 3.05. The monoisotopic (exact) mass is 367 g/mol. The number of sulfonamides is 1. The number of anilines is 2. The summed E-state index contributed by atoms with van der Waals surface area (Å²) in [6, 6.07) is 9.89. The van der Waals surface area contributed by atoms with Crippen molar-refractivity contribution in [3.63, 3.8) is 0 Å². The Labute approximate surface area is 145 Å². The van der Waals surface area contributed by atoms with Gasteiger partial charge in [-0.25, -0.2) is 21.9 Å². The molecule has 134 valence electrons. The number of hydrogen-bond donors (Lipinski definition) is 2. The van der Waals surface area contributed by atoms with Gasteiger partial charge in [0.2, 0.25) is 10.0 Å². The SMILES string of the molecule is Nc1cccc(S(=O)(=O)NCC2CCN(c3ccc(F)c(F)c3)C2)c1. The minimum Gasteiger partial charge on any atom is -0.399 e. The van der Waals surface area contributed by atoms with Gasteiger partial charge in [0.25, 0.3) is 0 Å². The maximum Gasteiger partial charge on any atom is 0.240 e. The molecule has 1 fully saturated rings. The molecule has 0 bridgehead atoms. The van der Waals surface area contributed by atoms with Gasteiger partial charge in [0.1, 0.15) is 0 Å². The minimum atomic E-state index is -3.62. The molecule has 1 heterocycles. The second-order valence-corrected chi connectivity index (χ2v) is 7.89. The van der Waals surface area contributed by atoms with Gasteiger partial charge < -0.3 is 10.6 Å². The van der Waals surface area contributed by atoms with Crippen molar-refractivity contribution >= 4 is 21.4 Å². The van der Waals surface area contributed by atoms with Crippen molar-refractivity contribution in [2.45, 2.75) is 11.3 Å². The fourth-order valence-corrected chi connectivity index (χ4v) is 4.08. The number of nitrogen functional groups attached to an aromatic ring is 1. The molecule has 1 aliphatic rings. The summed E-state index contributed by atoms with van der Waals surface area (Å²) < 4.78 is 53.6. The molecule has 0 aliphatic carbocycles. The van der Waals surface area contributed by atoms with Crippen molar-refractivity contribution in [3.05, 3.63) is 54.1 Å². The molecule has 0 radical (unpaired) electrons. The second-order valence-electron chi connectivity index (χ2n) is 6.12. The Hall–Kier alpha value is -2.19. The lowest BCUT2D eigenvalue weighted by molar-refractivity contribution is 0.508. The Bertz CT molecular complexity index is 874. The van der Waals surface area contributed by atoms with Gasteiger partial charge in [-0.2, -0.15) is 0 Å². The largest absolute Gasteiger partial charge is 0.399 e. The molecule has 8 heteroatoms. The minimum absolute atomic E-state index is 0.0870. The fourth-order valence-electron chi connectivity index (χ4n) is 2.91. The summed E-state index contributed by atoms with van der Waals surface area (Å²) in [6.07, 6.45) is 0.762. The summed E-state index contributed by atoms with van der Waals surface area (Å²) in [5.74, 6) is -1.68. The molecule has 0 spiro atoms. The predicted molar refractivity (Wildman–Crippen MR) is 92.7 cm³/mol. The normalized spacial score (nSPS) is 17.8. The first-order valence-electron chi connectivity index (χ1n) is 7.90. The lowest BCUT2D eigenvalue weighted by atomic mass is 10.1. The number of nitrogens with one attached hydrogen (secondary N) is 1. The number of hydrogen-bond acceptors (Lipinski definition) is 4. The van der Waals surface area contributed by atoms with Crippen LogP contribution in [0.4, 0.5) is 20.2 Å².